The molecule has 21 heteroatoms. The summed E-state index contributed by atoms with van der Waals surface area (Å²) in [4.78, 5) is 92.6. The SMILES string of the molecule is NOCCOCCOCCOCCOCCC(=O)CCCCC[C@H](CC(=O)CC[C@H](NC(=O)c1ccc(NCc2cnc3nc(N)[nH]c(=O)c3n2)cc1)C(=O)O)C(=O)O. The monoisotopic (exact) mass is 830 g/mol. The van der Waals surface area contributed by atoms with Crippen molar-refractivity contribution in [3.05, 3.63) is 52.1 Å². The summed E-state index contributed by atoms with van der Waals surface area (Å²) < 4.78 is 21.4. The largest absolute Gasteiger partial charge is 0.481 e. The maximum absolute atomic E-state index is 12.9. The number of hydrogen-bond acceptors (Lipinski definition) is 17. The Bertz CT molecular complexity index is 1840. The number of hydrogen-bond donors (Lipinski definition) is 7. The lowest BCUT2D eigenvalue weighted by Gasteiger charge is -2.16. The van der Waals surface area contributed by atoms with E-state index in [-0.39, 0.29) is 73.7 Å². The van der Waals surface area contributed by atoms with E-state index in [4.69, 9.17) is 30.6 Å². The number of carbonyl (C=O) groups excluding carboxylic acids is 3. The Balaban J connectivity index is 1.27. The highest BCUT2D eigenvalue weighted by Gasteiger charge is 2.25. The van der Waals surface area contributed by atoms with Crippen LogP contribution in [0, 0.1) is 5.92 Å². The lowest BCUT2D eigenvalue weighted by molar-refractivity contribution is -0.144. The van der Waals surface area contributed by atoms with Crippen LogP contribution in [0.15, 0.2) is 35.3 Å². The van der Waals surface area contributed by atoms with Crippen molar-refractivity contribution in [1.82, 2.24) is 25.3 Å². The van der Waals surface area contributed by atoms with Crippen molar-refractivity contribution in [3.8, 4) is 0 Å². The zero-order chi connectivity index (χ0) is 42.8. The average molecular weight is 831 g/mol. The molecule has 1 amide bonds. The molecule has 59 heavy (non-hydrogen) atoms. The number of nitrogen functional groups attached to an aromatic ring is 1. The van der Waals surface area contributed by atoms with Crippen molar-refractivity contribution < 1.29 is 58.0 Å². The summed E-state index contributed by atoms with van der Waals surface area (Å²) in [6, 6.07) is 4.77. The highest BCUT2D eigenvalue weighted by molar-refractivity contribution is 5.97. The number of carbonyl (C=O) groups is 5. The van der Waals surface area contributed by atoms with Crippen LogP contribution in [0.1, 0.15) is 73.8 Å². The fourth-order valence-corrected chi connectivity index (χ4v) is 5.55. The summed E-state index contributed by atoms with van der Waals surface area (Å²) in [6.45, 7) is 3.59. The van der Waals surface area contributed by atoms with E-state index in [9.17, 15) is 39.0 Å². The molecule has 0 saturated heterocycles. The standard InChI is InChI=1S/C38H54N8O13/c39-38-45-33-32(35(50)46-38)43-28(24-42-33)23-41-27-8-6-25(7-9-27)34(49)44-31(37(53)54)11-10-30(48)22-26(36(51)52)4-2-1-3-5-29(47)12-13-55-14-15-56-16-17-57-18-19-58-20-21-59-40/h6-9,24,26,31,41H,1-5,10-23,40H2,(H,44,49)(H,51,52)(H,53,54)(H3,39,42,45,46,50)/t26-,31+/m1/s1. The predicted molar refractivity (Wildman–Crippen MR) is 211 cm³/mol. The fraction of sp³-hybridized carbons (Fsp3) is 0.553. The molecule has 21 nitrogen and oxygen atoms in total. The van der Waals surface area contributed by atoms with Crippen LogP contribution >= 0.6 is 0 Å². The number of nitrogens with zero attached hydrogens (tertiary/aromatic N) is 3. The van der Waals surface area contributed by atoms with E-state index >= 15 is 0 Å². The topological polar surface area (TPSA) is 320 Å². The summed E-state index contributed by atoms with van der Waals surface area (Å²) in [7, 11) is 0. The third-order valence-electron chi connectivity index (χ3n) is 8.74. The second kappa shape index (κ2) is 27.3. The van der Waals surface area contributed by atoms with Gasteiger partial charge in [0.2, 0.25) is 5.95 Å². The van der Waals surface area contributed by atoms with Crippen LogP contribution in [0.3, 0.4) is 0 Å². The number of rotatable bonds is 33. The second-order valence-corrected chi connectivity index (χ2v) is 13.3. The van der Waals surface area contributed by atoms with Crippen LogP contribution < -0.4 is 27.8 Å². The summed E-state index contributed by atoms with van der Waals surface area (Å²) >= 11 is 0. The maximum Gasteiger partial charge on any atom is 0.326 e. The van der Waals surface area contributed by atoms with Gasteiger partial charge >= 0.3 is 11.9 Å². The van der Waals surface area contributed by atoms with Gasteiger partial charge in [-0.2, -0.15) is 4.98 Å². The Morgan fingerprint density at radius 3 is 2.02 bits per heavy atom. The third-order valence-corrected chi connectivity index (χ3v) is 8.74. The van der Waals surface area contributed by atoms with E-state index in [1.54, 1.807) is 12.1 Å². The molecule has 0 aliphatic rings. The molecular weight excluding hydrogens is 776 g/mol. The Hall–Kier alpha value is -5.45. The highest BCUT2D eigenvalue weighted by atomic mass is 16.6. The van der Waals surface area contributed by atoms with Crippen LogP contribution in [0.5, 0.6) is 0 Å². The summed E-state index contributed by atoms with van der Waals surface area (Å²) in [6.07, 6.45) is 3.21. The summed E-state index contributed by atoms with van der Waals surface area (Å²) in [5.41, 5.74) is 6.36. The van der Waals surface area contributed by atoms with Crippen molar-refractivity contribution in [2.24, 2.45) is 11.8 Å². The number of aliphatic carboxylic acids is 2. The average Bonchev–Trinajstić information content (AvgIpc) is 3.21. The fourth-order valence-electron chi connectivity index (χ4n) is 5.55. The Morgan fingerprint density at radius 1 is 0.746 bits per heavy atom. The van der Waals surface area contributed by atoms with Gasteiger partial charge in [-0.25, -0.2) is 20.7 Å². The molecule has 0 fully saturated rings. The van der Waals surface area contributed by atoms with E-state index in [1.165, 1.54) is 18.3 Å². The minimum Gasteiger partial charge on any atom is -0.481 e. The number of fused-ring (bicyclic) bond motifs is 1. The molecular formula is C38H54N8O13. The number of carboxylic acid groups (broad SMARTS) is 2. The first-order valence-electron chi connectivity index (χ1n) is 19.2. The smallest absolute Gasteiger partial charge is 0.326 e. The van der Waals surface area contributed by atoms with Gasteiger partial charge < -0.3 is 50.4 Å². The molecule has 3 aromatic rings. The quantitative estimate of drug-likeness (QED) is 0.0337. The number of benzene rings is 1. The Morgan fingerprint density at radius 2 is 1.39 bits per heavy atom. The number of aromatic amines is 1. The van der Waals surface area contributed by atoms with Gasteiger partial charge in [0, 0.05) is 36.9 Å². The molecule has 0 radical (unpaired) electrons. The molecule has 3 rings (SSSR count). The van der Waals surface area contributed by atoms with E-state index in [2.05, 4.69) is 35.4 Å². The normalized spacial score (nSPS) is 12.2. The van der Waals surface area contributed by atoms with Crippen LogP contribution in [-0.4, -0.2) is 125 Å². The first-order chi connectivity index (χ1) is 28.5. The predicted octanol–water partition coefficient (Wildman–Crippen LogP) is 1.40. The number of nitrogens with one attached hydrogen (secondary N) is 3. The number of nitrogens with two attached hydrogens (primary N) is 2. The summed E-state index contributed by atoms with van der Waals surface area (Å²) in [5.74, 6) is 0.330. The molecule has 2 aromatic heterocycles. The maximum atomic E-state index is 12.9. The molecule has 1 aromatic carbocycles. The molecule has 0 saturated carbocycles. The van der Waals surface area contributed by atoms with Gasteiger partial charge in [0.25, 0.3) is 11.5 Å². The number of anilines is 2. The first-order valence-corrected chi connectivity index (χ1v) is 19.2. The molecule has 0 spiro atoms. The third kappa shape index (κ3) is 19.2. The minimum absolute atomic E-state index is 0.0326. The zero-order valence-electron chi connectivity index (χ0n) is 32.9. The first kappa shape index (κ1) is 47.9. The molecule has 2 heterocycles. The lowest BCUT2D eigenvalue weighted by Crippen LogP contribution is -2.41. The molecule has 0 unspecified atom stereocenters. The molecule has 9 N–H and O–H groups in total. The second-order valence-electron chi connectivity index (χ2n) is 13.3. The van der Waals surface area contributed by atoms with Gasteiger partial charge in [-0.1, -0.05) is 12.8 Å². The number of Topliss-reactive ketones (excluding diaryl/α,β-unsaturated/α-hetero) is 2. The van der Waals surface area contributed by atoms with Crippen molar-refractivity contribution in [2.75, 3.05) is 70.5 Å². The van der Waals surface area contributed by atoms with Crippen molar-refractivity contribution in [3.63, 3.8) is 0 Å². The Kier molecular flexibility index (Phi) is 22.2. The number of H-pyrrole nitrogens is 1. The van der Waals surface area contributed by atoms with Gasteiger partial charge in [0.05, 0.1) is 83.8 Å². The number of unbranched alkanes of at least 4 members (excludes halogenated alkanes) is 2. The molecule has 0 bridgehead atoms. The van der Waals surface area contributed by atoms with Crippen LogP contribution in [0.25, 0.3) is 11.2 Å². The van der Waals surface area contributed by atoms with Crippen molar-refractivity contribution >= 4 is 52.2 Å². The van der Waals surface area contributed by atoms with Gasteiger partial charge in [-0.15, -0.1) is 0 Å². The van der Waals surface area contributed by atoms with Gasteiger partial charge in [0.15, 0.2) is 11.2 Å². The Labute approximate surface area is 339 Å². The molecule has 324 valence electrons. The van der Waals surface area contributed by atoms with E-state index in [1.807, 2.05) is 0 Å². The number of carboxylic acids is 2. The molecule has 0 aliphatic carbocycles. The number of aromatic nitrogens is 4. The van der Waals surface area contributed by atoms with Gasteiger partial charge in [-0.05, 0) is 43.5 Å². The van der Waals surface area contributed by atoms with Crippen molar-refractivity contribution in [1.29, 1.82) is 0 Å². The van der Waals surface area contributed by atoms with Crippen LogP contribution in [0.4, 0.5) is 11.6 Å². The zero-order valence-corrected chi connectivity index (χ0v) is 32.9. The number of ether oxygens (including phenoxy) is 4. The van der Waals surface area contributed by atoms with E-state index in [0.29, 0.717) is 89.9 Å². The van der Waals surface area contributed by atoms with Gasteiger partial charge in [-0.3, -0.25) is 29.0 Å². The lowest BCUT2D eigenvalue weighted by atomic mass is 9.93. The van der Waals surface area contributed by atoms with Crippen molar-refractivity contribution in [2.45, 2.75) is 70.4 Å². The number of amides is 1. The minimum atomic E-state index is -1.38. The number of ketones is 2. The van der Waals surface area contributed by atoms with E-state index < -0.39 is 41.1 Å². The van der Waals surface area contributed by atoms with Gasteiger partial charge in [0.1, 0.15) is 17.6 Å². The molecule has 2 atom stereocenters. The van der Waals surface area contributed by atoms with Crippen LogP contribution in [0.2, 0.25) is 0 Å². The van der Waals surface area contributed by atoms with Crippen LogP contribution in [-0.2, 0) is 49.5 Å². The highest BCUT2D eigenvalue weighted by Crippen LogP contribution is 2.18. The summed E-state index contributed by atoms with van der Waals surface area (Å²) in [5, 5.41) is 24.9. The molecule has 0 aliphatic heterocycles. The van der Waals surface area contributed by atoms with E-state index in [0.717, 1.165) is 0 Å².